The van der Waals surface area contributed by atoms with Crippen molar-refractivity contribution >= 4 is 11.6 Å². The Balaban J connectivity index is 2.51. The minimum Gasteiger partial charge on any atom is -0.497 e. The van der Waals surface area contributed by atoms with Crippen molar-refractivity contribution in [2.75, 3.05) is 7.11 Å². The van der Waals surface area contributed by atoms with Gasteiger partial charge in [-0.3, -0.25) is 0 Å². The van der Waals surface area contributed by atoms with Gasteiger partial charge in [-0.1, -0.05) is 11.6 Å². The van der Waals surface area contributed by atoms with Crippen molar-refractivity contribution in [1.29, 1.82) is 0 Å². The lowest BCUT2D eigenvalue weighted by Crippen LogP contribution is -1.85. The highest BCUT2D eigenvalue weighted by molar-refractivity contribution is 6.33. The fraction of sp³-hybridized carbons (Fsp3) is 0.182. The maximum atomic E-state index is 6.04. The molecular weight excluding hydrogens is 214 g/mol. The number of oxazole rings is 1. The first-order chi connectivity index (χ1) is 7.20. The van der Waals surface area contributed by atoms with Crippen molar-refractivity contribution in [1.82, 2.24) is 4.98 Å². The molecule has 2 aromatic rings. The highest BCUT2D eigenvalue weighted by Crippen LogP contribution is 2.30. The summed E-state index contributed by atoms with van der Waals surface area (Å²) in [5.41, 5.74) is 0.740. The average molecular weight is 224 g/mol. The summed E-state index contributed by atoms with van der Waals surface area (Å²) in [7, 11) is 1.60. The molecular formula is C11H10ClNO2. The maximum absolute atomic E-state index is 6.04. The van der Waals surface area contributed by atoms with Crippen molar-refractivity contribution in [3.63, 3.8) is 0 Å². The third-order valence-electron chi connectivity index (χ3n) is 2.03. The molecule has 2 rings (SSSR count). The molecule has 0 spiro atoms. The van der Waals surface area contributed by atoms with Crippen LogP contribution < -0.4 is 4.74 Å². The topological polar surface area (TPSA) is 35.3 Å². The van der Waals surface area contributed by atoms with Crippen LogP contribution in [-0.2, 0) is 0 Å². The number of aromatic nitrogens is 1. The van der Waals surface area contributed by atoms with Crippen LogP contribution in [0.2, 0.25) is 5.02 Å². The van der Waals surface area contributed by atoms with E-state index in [1.54, 1.807) is 31.5 Å². The standard InChI is InChI=1S/C11H10ClNO2/c1-7-6-13-11(15-7)9-5-8(14-2)3-4-10(9)12/h3-6H,1-2H3. The van der Waals surface area contributed by atoms with Gasteiger partial charge >= 0.3 is 0 Å². The zero-order chi connectivity index (χ0) is 10.8. The Bertz CT molecular complexity index is 479. The molecule has 4 heteroatoms. The zero-order valence-electron chi connectivity index (χ0n) is 8.45. The monoisotopic (exact) mass is 223 g/mol. The second-order valence-electron chi connectivity index (χ2n) is 3.12. The lowest BCUT2D eigenvalue weighted by Gasteiger charge is -2.03. The Morgan fingerprint density at radius 1 is 1.40 bits per heavy atom. The van der Waals surface area contributed by atoms with Crippen molar-refractivity contribution in [2.45, 2.75) is 6.92 Å². The van der Waals surface area contributed by atoms with Crippen LogP contribution in [0.4, 0.5) is 0 Å². The van der Waals surface area contributed by atoms with Gasteiger partial charge in [-0.05, 0) is 25.1 Å². The first kappa shape index (κ1) is 10.1. The van der Waals surface area contributed by atoms with Crippen LogP contribution in [0.5, 0.6) is 5.75 Å². The summed E-state index contributed by atoms with van der Waals surface area (Å²) in [5.74, 6) is 1.99. The Hall–Kier alpha value is -1.48. The molecule has 78 valence electrons. The minimum atomic E-state index is 0.511. The summed E-state index contributed by atoms with van der Waals surface area (Å²) in [4.78, 5) is 4.12. The van der Waals surface area contributed by atoms with E-state index in [-0.39, 0.29) is 0 Å². The van der Waals surface area contributed by atoms with Gasteiger partial charge in [0.1, 0.15) is 11.5 Å². The lowest BCUT2D eigenvalue weighted by molar-refractivity contribution is 0.414. The largest absolute Gasteiger partial charge is 0.497 e. The molecule has 0 N–H and O–H groups in total. The number of halogens is 1. The van der Waals surface area contributed by atoms with Crippen LogP contribution in [0, 0.1) is 6.92 Å². The molecule has 0 bridgehead atoms. The number of ether oxygens (including phenoxy) is 1. The Kier molecular flexibility index (Phi) is 2.64. The second-order valence-corrected chi connectivity index (χ2v) is 3.53. The highest BCUT2D eigenvalue weighted by Gasteiger charge is 2.10. The van der Waals surface area contributed by atoms with Crippen LogP contribution >= 0.6 is 11.6 Å². The molecule has 0 amide bonds. The molecule has 1 aromatic heterocycles. The van der Waals surface area contributed by atoms with E-state index in [9.17, 15) is 0 Å². The smallest absolute Gasteiger partial charge is 0.227 e. The van der Waals surface area contributed by atoms with E-state index in [2.05, 4.69) is 4.98 Å². The van der Waals surface area contributed by atoms with E-state index < -0.39 is 0 Å². The second kappa shape index (κ2) is 3.95. The molecule has 0 fully saturated rings. The van der Waals surface area contributed by atoms with E-state index in [1.165, 1.54) is 0 Å². The average Bonchev–Trinajstić information content (AvgIpc) is 2.65. The summed E-state index contributed by atoms with van der Waals surface area (Å²) < 4.78 is 10.5. The summed E-state index contributed by atoms with van der Waals surface area (Å²) in [6.07, 6.45) is 1.66. The molecule has 0 atom stereocenters. The molecule has 0 saturated carbocycles. The molecule has 0 radical (unpaired) electrons. The summed E-state index contributed by atoms with van der Waals surface area (Å²) >= 11 is 6.04. The first-order valence-corrected chi connectivity index (χ1v) is 4.85. The molecule has 15 heavy (non-hydrogen) atoms. The Morgan fingerprint density at radius 3 is 2.80 bits per heavy atom. The number of hydrogen-bond acceptors (Lipinski definition) is 3. The highest BCUT2D eigenvalue weighted by atomic mass is 35.5. The quantitative estimate of drug-likeness (QED) is 0.784. The predicted octanol–water partition coefficient (Wildman–Crippen LogP) is 3.31. The Morgan fingerprint density at radius 2 is 2.20 bits per heavy atom. The first-order valence-electron chi connectivity index (χ1n) is 4.47. The Labute approximate surface area is 92.6 Å². The van der Waals surface area contributed by atoms with E-state index in [0.717, 1.165) is 17.1 Å². The van der Waals surface area contributed by atoms with Crippen LogP contribution in [0.15, 0.2) is 28.8 Å². The van der Waals surface area contributed by atoms with Gasteiger partial charge in [0.15, 0.2) is 0 Å². The van der Waals surface area contributed by atoms with Crippen LogP contribution in [0.1, 0.15) is 5.76 Å². The summed E-state index contributed by atoms with van der Waals surface area (Å²) in [6.45, 7) is 1.84. The van der Waals surface area contributed by atoms with E-state index >= 15 is 0 Å². The number of benzene rings is 1. The molecule has 0 saturated heterocycles. The van der Waals surface area contributed by atoms with Crippen molar-refractivity contribution < 1.29 is 9.15 Å². The molecule has 0 aliphatic rings. The molecule has 0 aliphatic carbocycles. The zero-order valence-corrected chi connectivity index (χ0v) is 9.21. The van der Waals surface area contributed by atoms with Crippen LogP contribution in [-0.4, -0.2) is 12.1 Å². The fourth-order valence-electron chi connectivity index (χ4n) is 1.27. The number of hydrogen-bond donors (Lipinski definition) is 0. The van der Waals surface area contributed by atoms with Crippen molar-refractivity contribution in [2.24, 2.45) is 0 Å². The van der Waals surface area contributed by atoms with Gasteiger partial charge in [-0.15, -0.1) is 0 Å². The van der Waals surface area contributed by atoms with Crippen molar-refractivity contribution in [3.05, 3.63) is 35.2 Å². The molecule has 0 unspecified atom stereocenters. The van der Waals surface area contributed by atoms with Crippen LogP contribution in [0.25, 0.3) is 11.5 Å². The number of methoxy groups -OCH3 is 1. The fourth-order valence-corrected chi connectivity index (χ4v) is 1.47. The van der Waals surface area contributed by atoms with Gasteiger partial charge in [-0.2, -0.15) is 0 Å². The van der Waals surface area contributed by atoms with E-state index in [0.29, 0.717) is 10.9 Å². The predicted molar refractivity (Wildman–Crippen MR) is 58.2 cm³/mol. The normalized spacial score (nSPS) is 10.3. The third-order valence-corrected chi connectivity index (χ3v) is 2.35. The molecule has 0 aliphatic heterocycles. The van der Waals surface area contributed by atoms with E-state index in [4.69, 9.17) is 20.8 Å². The summed E-state index contributed by atoms with van der Waals surface area (Å²) in [6, 6.07) is 5.35. The van der Waals surface area contributed by atoms with Gasteiger partial charge in [0, 0.05) is 0 Å². The third kappa shape index (κ3) is 1.97. The van der Waals surface area contributed by atoms with Gasteiger partial charge < -0.3 is 9.15 Å². The molecule has 3 nitrogen and oxygen atoms in total. The molecule has 1 heterocycles. The number of aryl methyl sites for hydroxylation is 1. The van der Waals surface area contributed by atoms with Gasteiger partial charge in [0.05, 0.1) is 23.9 Å². The molecule has 1 aromatic carbocycles. The van der Waals surface area contributed by atoms with Gasteiger partial charge in [0.2, 0.25) is 5.89 Å². The van der Waals surface area contributed by atoms with Gasteiger partial charge in [0.25, 0.3) is 0 Å². The number of nitrogens with zero attached hydrogens (tertiary/aromatic N) is 1. The SMILES string of the molecule is COc1ccc(Cl)c(-c2ncc(C)o2)c1. The van der Waals surface area contributed by atoms with E-state index in [1.807, 2.05) is 6.92 Å². The van der Waals surface area contributed by atoms with Crippen LogP contribution in [0.3, 0.4) is 0 Å². The minimum absolute atomic E-state index is 0.511. The lowest BCUT2D eigenvalue weighted by atomic mass is 10.2. The van der Waals surface area contributed by atoms with Crippen molar-refractivity contribution in [3.8, 4) is 17.2 Å². The number of rotatable bonds is 2. The maximum Gasteiger partial charge on any atom is 0.227 e. The summed E-state index contributed by atoms with van der Waals surface area (Å²) in [5, 5.41) is 0.595. The van der Waals surface area contributed by atoms with Gasteiger partial charge in [-0.25, -0.2) is 4.98 Å².